The van der Waals surface area contributed by atoms with Gasteiger partial charge in [-0.2, -0.15) is 4.98 Å². The van der Waals surface area contributed by atoms with Crippen molar-refractivity contribution >= 4 is 0 Å². The molecule has 0 N–H and O–H groups in total. The first kappa shape index (κ1) is 16.8. The molecule has 0 radical (unpaired) electrons. The summed E-state index contributed by atoms with van der Waals surface area (Å²) in [6, 6.07) is 20.2. The van der Waals surface area contributed by atoms with Crippen molar-refractivity contribution in [3.8, 4) is 5.75 Å². The van der Waals surface area contributed by atoms with E-state index in [2.05, 4.69) is 39.3 Å². The lowest BCUT2D eigenvalue weighted by Crippen LogP contribution is -2.25. The van der Waals surface area contributed by atoms with Gasteiger partial charge >= 0.3 is 0 Å². The molecule has 26 heavy (non-hydrogen) atoms. The minimum absolute atomic E-state index is 0.314. The van der Waals surface area contributed by atoms with Crippen LogP contribution in [0.1, 0.15) is 30.1 Å². The van der Waals surface area contributed by atoms with Crippen molar-refractivity contribution in [1.29, 1.82) is 0 Å². The van der Waals surface area contributed by atoms with E-state index in [1.165, 1.54) is 18.4 Å². The van der Waals surface area contributed by atoms with Crippen LogP contribution in [0.15, 0.2) is 65.2 Å². The Kier molecular flexibility index (Phi) is 5.26. The van der Waals surface area contributed by atoms with Gasteiger partial charge in [-0.25, -0.2) is 0 Å². The summed E-state index contributed by atoms with van der Waals surface area (Å²) in [5, 5.41) is 4.05. The molecular weight excluding hydrogens is 326 g/mol. The van der Waals surface area contributed by atoms with Gasteiger partial charge in [0.2, 0.25) is 11.7 Å². The van der Waals surface area contributed by atoms with Crippen LogP contribution in [0.4, 0.5) is 0 Å². The van der Waals surface area contributed by atoms with E-state index in [0.717, 1.165) is 24.8 Å². The van der Waals surface area contributed by atoms with Crippen molar-refractivity contribution in [3.05, 3.63) is 77.9 Å². The van der Waals surface area contributed by atoms with Crippen LogP contribution in [0.3, 0.4) is 0 Å². The number of benzene rings is 2. The van der Waals surface area contributed by atoms with Crippen LogP contribution in [-0.2, 0) is 19.7 Å². The Morgan fingerprint density at radius 3 is 2.42 bits per heavy atom. The lowest BCUT2D eigenvalue weighted by molar-refractivity contribution is 0.210. The maximum absolute atomic E-state index is 5.68. The zero-order chi connectivity index (χ0) is 17.6. The monoisotopic (exact) mass is 349 g/mol. The lowest BCUT2D eigenvalue weighted by atomic mass is 10.2. The molecule has 0 spiro atoms. The number of aromatic nitrogens is 2. The van der Waals surface area contributed by atoms with Crippen molar-refractivity contribution < 1.29 is 9.26 Å². The number of ether oxygens (including phenoxy) is 1. The highest BCUT2D eigenvalue weighted by atomic mass is 16.5. The molecule has 0 amide bonds. The largest absolute Gasteiger partial charge is 0.485 e. The molecule has 1 aliphatic rings. The fourth-order valence-corrected chi connectivity index (χ4v) is 2.96. The summed E-state index contributed by atoms with van der Waals surface area (Å²) in [4.78, 5) is 6.88. The third kappa shape index (κ3) is 4.92. The second-order valence-corrected chi connectivity index (χ2v) is 6.80. The zero-order valence-corrected chi connectivity index (χ0v) is 14.8. The van der Waals surface area contributed by atoms with Gasteiger partial charge in [0.1, 0.15) is 5.75 Å². The maximum Gasteiger partial charge on any atom is 0.240 e. The number of hydrogen-bond acceptors (Lipinski definition) is 5. The molecule has 0 aliphatic heterocycles. The summed E-state index contributed by atoms with van der Waals surface area (Å²) in [7, 11) is 0. The molecule has 0 saturated heterocycles. The van der Waals surface area contributed by atoms with Crippen LogP contribution in [0.5, 0.6) is 5.75 Å². The second-order valence-electron chi connectivity index (χ2n) is 6.80. The number of para-hydroxylation sites is 1. The molecule has 5 nitrogen and oxygen atoms in total. The van der Waals surface area contributed by atoms with E-state index in [4.69, 9.17) is 9.26 Å². The highest BCUT2D eigenvalue weighted by Gasteiger charge is 2.25. The normalized spacial score (nSPS) is 13.9. The van der Waals surface area contributed by atoms with Crippen molar-refractivity contribution in [2.45, 2.75) is 32.5 Å². The predicted molar refractivity (Wildman–Crippen MR) is 98.4 cm³/mol. The summed E-state index contributed by atoms with van der Waals surface area (Å²) in [5.74, 6) is 2.84. The molecule has 3 aromatic rings. The van der Waals surface area contributed by atoms with Crippen LogP contribution in [0.2, 0.25) is 0 Å². The van der Waals surface area contributed by atoms with Crippen LogP contribution in [0, 0.1) is 5.92 Å². The first-order valence-electron chi connectivity index (χ1n) is 9.11. The predicted octanol–water partition coefficient (Wildman–Crippen LogP) is 4.06. The Hall–Kier alpha value is -2.66. The molecule has 1 aliphatic carbocycles. The van der Waals surface area contributed by atoms with Gasteiger partial charge < -0.3 is 9.26 Å². The molecule has 4 rings (SSSR count). The fourth-order valence-electron chi connectivity index (χ4n) is 2.96. The standard InChI is InChI=1S/C21H23N3O2/c1-3-7-17(8-4-1)13-24(14-18-11-12-18)15-21-22-20(23-26-21)16-25-19-9-5-2-6-10-19/h1-10,18H,11-16H2. The molecule has 1 heterocycles. The van der Waals surface area contributed by atoms with E-state index >= 15 is 0 Å². The number of rotatable bonds is 9. The number of hydrogen-bond donors (Lipinski definition) is 0. The highest BCUT2D eigenvalue weighted by Crippen LogP contribution is 2.30. The molecule has 0 atom stereocenters. The van der Waals surface area contributed by atoms with Gasteiger partial charge in [0.25, 0.3) is 0 Å². The summed E-state index contributed by atoms with van der Waals surface area (Å²) < 4.78 is 11.1. The highest BCUT2D eigenvalue weighted by molar-refractivity contribution is 5.21. The molecule has 5 heteroatoms. The Bertz CT molecular complexity index is 800. The molecule has 1 fully saturated rings. The Morgan fingerprint density at radius 1 is 0.962 bits per heavy atom. The van der Waals surface area contributed by atoms with E-state index in [-0.39, 0.29) is 0 Å². The van der Waals surface area contributed by atoms with E-state index in [1.807, 2.05) is 36.4 Å². The van der Waals surface area contributed by atoms with Crippen LogP contribution >= 0.6 is 0 Å². The summed E-state index contributed by atoms with van der Waals surface area (Å²) >= 11 is 0. The fraction of sp³-hybridized carbons (Fsp3) is 0.333. The third-order valence-corrected chi connectivity index (χ3v) is 4.44. The Balaban J connectivity index is 1.35. The van der Waals surface area contributed by atoms with Crippen LogP contribution in [-0.4, -0.2) is 21.6 Å². The maximum atomic E-state index is 5.68. The molecule has 2 aromatic carbocycles. The third-order valence-electron chi connectivity index (χ3n) is 4.44. The van der Waals surface area contributed by atoms with Crippen molar-refractivity contribution in [1.82, 2.24) is 15.0 Å². The summed E-state index contributed by atoms with van der Waals surface area (Å²) in [6.45, 7) is 2.96. The summed E-state index contributed by atoms with van der Waals surface area (Å²) in [5.41, 5.74) is 1.31. The van der Waals surface area contributed by atoms with E-state index in [0.29, 0.717) is 24.9 Å². The molecule has 0 unspecified atom stereocenters. The van der Waals surface area contributed by atoms with Gasteiger partial charge in [-0.05, 0) is 36.5 Å². The van der Waals surface area contributed by atoms with Crippen molar-refractivity contribution in [2.24, 2.45) is 5.92 Å². The first-order valence-corrected chi connectivity index (χ1v) is 9.11. The molecular formula is C21H23N3O2. The van der Waals surface area contributed by atoms with Crippen molar-refractivity contribution in [3.63, 3.8) is 0 Å². The van der Waals surface area contributed by atoms with E-state index in [1.54, 1.807) is 0 Å². The second kappa shape index (κ2) is 8.15. The summed E-state index contributed by atoms with van der Waals surface area (Å²) in [6.07, 6.45) is 2.65. The topological polar surface area (TPSA) is 51.4 Å². The van der Waals surface area contributed by atoms with Gasteiger partial charge in [-0.1, -0.05) is 53.7 Å². The van der Waals surface area contributed by atoms with Crippen LogP contribution < -0.4 is 4.74 Å². The minimum atomic E-state index is 0.314. The first-order chi connectivity index (χ1) is 12.8. The van der Waals surface area contributed by atoms with Crippen LogP contribution in [0.25, 0.3) is 0 Å². The number of nitrogens with zero attached hydrogens (tertiary/aromatic N) is 3. The van der Waals surface area contributed by atoms with Gasteiger partial charge in [-0.3, -0.25) is 4.90 Å². The lowest BCUT2D eigenvalue weighted by Gasteiger charge is -2.20. The van der Waals surface area contributed by atoms with Gasteiger partial charge in [0.05, 0.1) is 6.54 Å². The molecule has 1 saturated carbocycles. The van der Waals surface area contributed by atoms with Gasteiger partial charge in [0, 0.05) is 13.1 Å². The Morgan fingerprint density at radius 2 is 1.69 bits per heavy atom. The Labute approximate surface area is 153 Å². The quantitative estimate of drug-likeness (QED) is 0.583. The average Bonchev–Trinajstić information content (AvgIpc) is 3.38. The minimum Gasteiger partial charge on any atom is -0.485 e. The molecule has 1 aromatic heterocycles. The van der Waals surface area contributed by atoms with Gasteiger partial charge in [-0.15, -0.1) is 0 Å². The SMILES string of the molecule is c1ccc(CN(Cc2nc(COc3ccccc3)no2)CC2CC2)cc1. The van der Waals surface area contributed by atoms with E-state index < -0.39 is 0 Å². The van der Waals surface area contributed by atoms with Crippen molar-refractivity contribution in [2.75, 3.05) is 6.54 Å². The zero-order valence-electron chi connectivity index (χ0n) is 14.8. The molecule has 0 bridgehead atoms. The average molecular weight is 349 g/mol. The molecule has 134 valence electrons. The van der Waals surface area contributed by atoms with E-state index in [9.17, 15) is 0 Å². The van der Waals surface area contributed by atoms with Gasteiger partial charge in [0.15, 0.2) is 6.61 Å². The smallest absolute Gasteiger partial charge is 0.240 e.